The number of aliphatic carboxylic acids is 2. The highest BCUT2D eigenvalue weighted by Gasteiger charge is 2.24. The van der Waals surface area contributed by atoms with Crippen molar-refractivity contribution in [2.45, 2.75) is 20.8 Å². The van der Waals surface area contributed by atoms with Crippen molar-refractivity contribution in [3.8, 4) is 0 Å². The van der Waals surface area contributed by atoms with Crippen LogP contribution in [0.3, 0.4) is 0 Å². The summed E-state index contributed by atoms with van der Waals surface area (Å²) in [5.74, 6) is -3.48. The molecule has 0 heterocycles. The zero-order chi connectivity index (χ0) is 10.6. The van der Waals surface area contributed by atoms with Gasteiger partial charge in [0.05, 0.1) is 11.8 Å². The molecule has 0 bridgehead atoms. The summed E-state index contributed by atoms with van der Waals surface area (Å²) in [6.45, 7) is 4.61. The van der Waals surface area contributed by atoms with E-state index in [1.54, 1.807) is 13.0 Å². The summed E-state index contributed by atoms with van der Waals surface area (Å²) in [4.78, 5) is 21.2. The van der Waals surface area contributed by atoms with Crippen molar-refractivity contribution in [2.24, 2.45) is 11.8 Å². The highest BCUT2D eigenvalue weighted by molar-refractivity contribution is 5.79. The third-order valence-corrected chi connectivity index (χ3v) is 2.07. The van der Waals surface area contributed by atoms with Crippen LogP contribution >= 0.6 is 0 Å². The smallest absolute Gasteiger partial charge is 0.310 e. The van der Waals surface area contributed by atoms with E-state index < -0.39 is 23.8 Å². The second-order valence-corrected chi connectivity index (χ2v) is 2.91. The molecule has 0 saturated carbocycles. The van der Waals surface area contributed by atoms with Crippen LogP contribution in [-0.2, 0) is 9.59 Å². The molecule has 0 spiro atoms. The number of carboxylic acid groups (broad SMARTS) is 2. The van der Waals surface area contributed by atoms with Crippen LogP contribution in [0.2, 0.25) is 0 Å². The average Bonchev–Trinajstić information content (AvgIpc) is 2.04. The van der Waals surface area contributed by atoms with Gasteiger partial charge in [0.2, 0.25) is 0 Å². The first-order chi connectivity index (χ1) is 5.91. The lowest BCUT2D eigenvalue weighted by atomic mass is 9.90. The van der Waals surface area contributed by atoms with Crippen LogP contribution in [0.4, 0.5) is 0 Å². The monoisotopic (exact) mass is 186 g/mol. The van der Waals surface area contributed by atoms with Gasteiger partial charge in [0.25, 0.3) is 0 Å². The number of hydrogen-bond donors (Lipinski definition) is 2. The van der Waals surface area contributed by atoms with E-state index in [1.165, 1.54) is 13.8 Å². The molecule has 0 radical (unpaired) electrons. The highest BCUT2D eigenvalue weighted by Crippen LogP contribution is 2.20. The van der Waals surface area contributed by atoms with Crippen LogP contribution in [0.15, 0.2) is 11.6 Å². The molecule has 4 heteroatoms. The van der Waals surface area contributed by atoms with Gasteiger partial charge in [-0.15, -0.1) is 0 Å². The van der Waals surface area contributed by atoms with Gasteiger partial charge in [0.1, 0.15) is 0 Å². The number of rotatable bonds is 4. The van der Waals surface area contributed by atoms with Gasteiger partial charge in [0.15, 0.2) is 0 Å². The standard InChI is InChI=1S/C9H14O4/c1-4-7(5(2)8(10)11)6(3)9(12)13/h4-6H,1-3H3,(H,10,11)(H,12,13). The first kappa shape index (κ1) is 11.7. The molecule has 0 aliphatic carbocycles. The van der Waals surface area contributed by atoms with E-state index in [0.717, 1.165) is 0 Å². The van der Waals surface area contributed by atoms with Crippen LogP contribution in [-0.4, -0.2) is 22.2 Å². The van der Waals surface area contributed by atoms with Crippen molar-refractivity contribution >= 4 is 11.9 Å². The topological polar surface area (TPSA) is 74.6 Å². The second kappa shape index (κ2) is 4.64. The van der Waals surface area contributed by atoms with Crippen molar-refractivity contribution in [1.29, 1.82) is 0 Å². The maximum Gasteiger partial charge on any atom is 0.310 e. The summed E-state index contributed by atoms with van der Waals surface area (Å²) < 4.78 is 0. The summed E-state index contributed by atoms with van der Waals surface area (Å²) in [6.07, 6.45) is 1.55. The molecule has 13 heavy (non-hydrogen) atoms. The Morgan fingerprint density at radius 3 is 1.54 bits per heavy atom. The molecular formula is C9H14O4. The minimum absolute atomic E-state index is 0.431. The highest BCUT2D eigenvalue weighted by atomic mass is 16.4. The molecule has 2 atom stereocenters. The predicted molar refractivity (Wildman–Crippen MR) is 47.4 cm³/mol. The van der Waals surface area contributed by atoms with Gasteiger partial charge >= 0.3 is 11.9 Å². The van der Waals surface area contributed by atoms with Gasteiger partial charge < -0.3 is 10.2 Å². The molecule has 0 aliphatic rings. The summed E-state index contributed by atoms with van der Waals surface area (Å²) in [5, 5.41) is 17.4. The molecule has 0 aliphatic heterocycles. The van der Waals surface area contributed by atoms with Crippen LogP contribution in [0.5, 0.6) is 0 Å². The molecule has 2 N–H and O–H groups in total. The van der Waals surface area contributed by atoms with Gasteiger partial charge in [-0.05, 0) is 26.3 Å². The molecule has 2 unspecified atom stereocenters. The maximum absolute atomic E-state index is 10.6. The first-order valence-electron chi connectivity index (χ1n) is 4.03. The normalized spacial score (nSPS) is 14.4. The van der Waals surface area contributed by atoms with E-state index in [-0.39, 0.29) is 0 Å². The number of carbonyl (C=O) groups is 2. The van der Waals surface area contributed by atoms with Gasteiger partial charge in [-0.1, -0.05) is 6.08 Å². The van der Waals surface area contributed by atoms with Gasteiger partial charge in [-0.25, -0.2) is 0 Å². The van der Waals surface area contributed by atoms with Crippen molar-refractivity contribution < 1.29 is 19.8 Å². The quantitative estimate of drug-likeness (QED) is 0.650. The molecule has 4 nitrogen and oxygen atoms in total. The van der Waals surface area contributed by atoms with Gasteiger partial charge in [-0.3, -0.25) is 9.59 Å². The molecular weight excluding hydrogens is 172 g/mol. The number of hydrogen-bond acceptors (Lipinski definition) is 2. The SMILES string of the molecule is CC=C(C(C)C(=O)O)C(C)C(=O)O. The Kier molecular flexibility index (Phi) is 4.17. The zero-order valence-corrected chi connectivity index (χ0v) is 7.94. The minimum atomic E-state index is -0.999. The molecule has 0 saturated heterocycles. The first-order valence-corrected chi connectivity index (χ1v) is 4.03. The molecule has 74 valence electrons. The predicted octanol–water partition coefficient (Wildman–Crippen LogP) is 1.37. The Morgan fingerprint density at radius 1 is 1.08 bits per heavy atom. The Balaban J connectivity index is 4.72. The van der Waals surface area contributed by atoms with Crippen molar-refractivity contribution in [2.75, 3.05) is 0 Å². The van der Waals surface area contributed by atoms with Crippen LogP contribution < -0.4 is 0 Å². The fraction of sp³-hybridized carbons (Fsp3) is 0.556. The minimum Gasteiger partial charge on any atom is -0.481 e. The third kappa shape index (κ3) is 2.89. The lowest BCUT2D eigenvalue weighted by molar-refractivity contribution is -0.141. The Hall–Kier alpha value is -1.32. The van der Waals surface area contributed by atoms with Crippen molar-refractivity contribution in [3.05, 3.63) is 11.6 Å². The summed E-state index contributed by atoms with van der Waals surface area (Å²) in [6, 6.07) is 0. The van der Waals surface area contributed by atoms with E-state index in [9.17, 15) is 9.59 Å². The number of allylic oxidation sites excluding steroid dienone is 1. The summed E-state index contributed by atoms with van der Waals surface area (Å²) in [5.41, 5.74) is 0.431. The van der Waals surface area contributed by atoms with E-state index in [0.29, 0.717) is 5.57 Å². The summed E-state index contributed by atoms with van der Waals surface area (Å²) >= 11 is 0. The lowest BCUT2D eigenvalue weighted by Gasteiger charge is -2.15. The molecule has 0 aromatic rings. The fourth-order valence-corrected chi connectivity index (χ4v) is 1.16. The second-order valence-electron chi connectivity index (χ2n) is 2.91. The molecule has 0 aromatic heterocycles. The van der Waals surface area contributed by atoms with Gasteiger partial charge in [-0.2, -0.15) is 0 Å². The third-order valence-electron chi connectivity index (χ3n) is 2.07. The van der Waals surface area contributed by atoms with E-state index in [4.69, 9.17) is 10.2 Å². The number of carboxylic acids is 2. The largest absolute Gasteiger partial charge is 0.481 e. The maximum atomic E-state index is 10.6. The zero-order valence-electron chi connectivity index (χ0n) is 7.94. The Labute approximate surface area is 76.9 Å². The van der Waals surface area contributed by atoms with Crippen LogP contribution in [0.1, 0.15) is 20.8 Å². The van der Waals surface area contributed by atoms with E-state index in [1.807, 2.05) is 0 Å². The molecule has 0 fully saturated rings. The van der Waals surface area contributed by atoms with Crippen LogP contribution in [0, 0.1) is 11.8 Å². The van der Waals surface area contributed by atoms with Crippen molar-refractivity contribution in [3.63, 3.8) is 0 Å². The Bertz CT molecular complexity index is 220. The average molecular weight is 186 g/mol. The molecule has 0 aromatic carbocycles. The Morgan fingerprint density at radius 2 is 1.38 bits per heavy atom. The summed E-state index contributed by atoms with van der Waals surface area (Å²) in [7, 11) is 0. The molecule has 0 amide bonds. The lowest BCUT2D eigenvalue weighted by Crippen LogP contribution is -2.22. The molecule has 0 rings (SSSR count). The van der Waals surface area contributed by atoms with Crippen LogP contribution in [0.25, 0.3) is 0 Å². The fourth-order valence-electron chi connectivity index (χ4n) is 1.16. The van der Waals surface area contributed by atoms with Crippen molar-refractivity contribution in [1.82, 2.24) is 0 Å². The van der Waals surface area contributed by atoms with E-state index >= 15 is 0 Å². The van der Waals surface area contributed by atoms with Gasteiger partial charge in [0, 0.05) is 0 Å². The van der Waals surface area contributed by atoms with E-state index in [2.05, 4.69) is 0 Å².